The lowest BCUT2D eigenvalue weighted by Gasteiger charge is -2.11. The van der Waals surface area contributed by atoms with Gasteiger partial charge in [-0.05, 0) is 30.7 Å². The lowest BCUT2D eigenvalue weighted by atomic mass is 10.2. The van der Waals surface area contributed by atoms with Crippen LogP contribution in [-0.2, 0) is 20.1 Å². The van der Waals surface area contributed by atoms with Gasteiger partial charge in [0, 0.05) is 26.0 Å². The van der Waals surface area contributed by atoms with Crippen LogP contribution in [0.15, 0.2) is 54.0 Å². The smallest absolute Gasteiger partial charge is 0.191 e. The first-order valence-corrected chi connectivity index (χ1v) is 8.20. The van der Waals surface area contributed by atoms with Crippen molar-refractivity contribution in [2.24, 2.45) is 12.0 Å². The highest BCUT2D eigenvalue weighted by Crippen LogP contribution is 2.09. The molecule has 0 amide bonds. The summed E-state index contributed by atoms with van der Waals surface area (Å²) in [5.41, 5.74) is 2.16. The number of nitrogens with zero attached hydrogens (tertiary/aromatic N) is 6. The Hall–Kier alpha value is -3.16. The maximum Gasteiger partial charge on any atom is 0.191 e. The van der Waals surface area contributed by atoms with Crippen molar-refractivity contribution in [1.82, 2.24) is 35.2 Å². The Kier molecular flexibility index (Phi) is 5.40. The molecule has 0 radical (unpaired) electrons. The zero-order valence-electron chi connectivity index (χ0n) is 14.4. The molecule has 0 unspecified atom stereocenters. The summed E-state index contributed by atoms with van der Waals surface area (Å²) in [7, 11) is 1.87. The van der Waals surface area contributed by atoms with Crippen LogP contribution >= 0.6 is 0 Å². The summed E-state index contributed by atoms with van der Waals surface area (Å²) >= 11 is 0. The molecule has 0 saturated heterocycles. The Morgan fingerprint density at radius 2 is 2.00 bits per heavy atom. The molecule has 25 heavy (non-hydrogen) atoms. The third-order valence-electron chi connectivity index (χ3n) is 3.69. The minimum Gasteiger partial charge on any atom is -0.357 e. The fraction of sp³-hybridized carbons (Fsp3) is 0.294. The summed E-state index contributed by atoms with van der Waals surface area (Å²) in [6.07, 6.45) is 5.23. The number of aliphatic imine (C=N–C) groups is 1. The first-order chi connectivity index (χ1) is 12.3. The average molecular weight is 338 g/mol. The van der Waals surface area contributed by atoms with Crippen LogP contribution in [0, 0.1) is 0 Å². The van der Waals surface area contributed by atoms with Gasteiger partial charge in [-0.1, -0.05) is 12.1 Å². The average Bonchev–Trinajstić information content (AvgIpc) is 3.30. The molecule has 8 heteroatoms. The van der Waals surface area contributed by atoms with Gasteiger partial charge in [-0.2, -0.15) is 10.2 Å². The normalized spacial score (nSPS) is 11.5. The number of nitrogens with one attached hydrogen (secondary N) is 2. The molecule has 3 aromatic rings. The van der Waals surface area contributed by atoms with E-state index in [4.69, 9.17) is 0 Å². The summed E-state index contributed by atoms with van der Waals surface area (Å²) < 4.78 is 3.57. The molecule has 2 aromatic heterocycles. The Balaban J connectivity index is 1.61. The second-order valence-corrected chi connectivity index (χ2v) is 5.47. The van der Waals surface area contributed by atoms with Gasteiger partial charge in [-0.25, -0.2) is 14.7 Å². The summed E-state index contributed by atoms with van der Waals surface area (Å²) in [4.78, 5) is 8.82. The van der Waals surface area contributed by atoms with Crippen LogP contribution in [0.25, 0.3) is 5.69 Å². The van der Waals surface area contributed by atoms with E-state index in [1.54, 1.807) is 17.2 Å². The van der Waals surface area contributed by atoms with Crippen LogP contribution in [0.5, 0.6) is 0 Å². The van der Waals surface area contributed by atoms with Crippen molar-refractivity contribution in [2.75, 3.05) is 6.54 Å². The topological polar surface area (TPSA) is 84.9 Å². The molecule has 0 spiro atoms. The maximum absolute atomic E-state index is 4.62. The van der Waals surface area contributed by atoms with E-state index in [1.807, 2.05) is 43.0 Å². The Bertz CT molecular complexity index is 802. The van der Waals surface area contributed by atoms with E-state index >= 15 is 0 Å². The number of hydrogen-bond donors (Lipinski definition) is 2. The van der Waals surface area contributed by atoms with E-state index in [0.29, 0.717) is 13.1 Å². The van der Waals surface area contributed by atoms with Crippen molar-refractivity contribution in [3.8, 4) is 5.69 Å². The van der Waals surface area contributed by atoms with Gasteiger partial charge >= 0.3 is 0 Å². The van der Waals surface area contributed by atoms with Gasteiger partial charge in [0.1, 0.15) is 12.2 Å². The second kappa shape index (κ2) is 8.09. The van der Waals surface area contributed by atoms with Crippen molar-refractivity contribution in [2.45, 2.75) is 20.0 Å². The first kappa shape index (κ1) is 16.7. The zero-order chi connectivity index (χ0) is 17.5. The zero-order valence-corrected chi connectivity index (χ0v) is 14.4. The minimum absolute atomic E-state index is 0.570. The van der Waals surface area contributed by atoms with Gasteiger partial charge in [-0.3, -0.25) is 4.68 Å². The van der Waals surface area contributed by atoms with Crippen molar-refractivity contribution in [3.63, 3.8) is 0 Å². The molecular weight excluding hydrogens is 316 g/mol. The Morgan fingerprint density at radius 1 is 1.16 bits per heavy atom. The van der Waals surface area contributed by atoms with E-state index in [2.05, 4.69) is 42.9 Å². The van der Waals surface area contributed by atoms with E-state index in [0.717, 1.165) is 29.6 Å². The highest BCUT2D eigenvalue weighted by Gasteiger charge is 2.03. The Labute approximate surface area is 146 Å². The van der Waals surface area contributed by atoms with Gasteiger partial charge in [-0.15, -0.1) is 0 Å². The summed E-state index contributed by atoms with van der Waals surface area (Å²) in [6, 6.07) is 10.1. The van der Waals surface area contributed by atoms with Crippen LogP contribution in [-0.4, -0.2) is 37.0 Å². The SMILES string of the molecule is CCNC(=NCc1ccc(-n2cccn2)cc1)NCc1ncnn1C. The number of rotatable bonds is 6. The monoisotopic (exact) mass is 338 g/mol. The molecule has 0 saturated carbocycles. The van der Waals surface area contributed by atoms with Crippen molar-refractivity contribution < 1.29 is 0 Å². The lowest BCUT2D eigenvalue weighted by Crippen LogP contribution is -2.37. The van der Waals surface area contributed by atoms with Crippen molar-refractivity contribution >= 4 is 5.96 Å². The highest BCUT2D eigenvalue weighted by molar-refractivity contribution is 5.79. The van der Waals surface area contributed by atoms with Crippen LogP contribution in [0.2, 0.25) is 0 Å². The molecule has 130 valence electrons. The molecule has 0 fully saturated rings. The van der Waals surface area contributed by atoms with E-state index < -0.39 is 0 Å². The van der Waals surface area contributed by atoms with Crippen molar-refractivity contribution in [3.05, 3.63) is 60.4 Å². The van der Waals surface area contributed by atoms with E-state index in [-0.39, 0.29) is 0 Å². The highest BCUT2D eigenvalue weighted by atomic mass is 15.3. The quantitative estimate of drug-likeness (QED) is 0.522. The molecule has 8 nitrogen and oxygen atoms in total. The predicted molar refractivity (Wildman–Crippen MR) is 96.2 cm³/mol. The van der Waals surface area contributed by atoms with Gasteiger partial charge in [0.05, 0.1) is 18.8 Å². The van der Waals surface area contributed by atoms with Crippen LogP contribution in [0.1, 0.15) is 18.3 Å². The van der Waals surface area contributed by atoms with Gasteiger partial charge in [0.15, 0.2) is 5.96 Å². The van der Waals surface area contributed by atoms with Crippen molar-refractivity contribution in [1.29, 1.82) is 0 Å². The molecular formula is C17H22N8. The van der Waals surface area contributed by atoms with E-state index in [9.17, 15) is 0 Å². The lowest BCUT2D eigenvalue weighted by molar-refractivity contribution is 0.673. The number of aryl methyl sites for hydroxylation is 1. The summed E-state index contributed by atoms with van der Waals surface area (Å²) in [5, 5.41) is 14.8. The maximum atomic E-state index is 4.62. The number of aromatic nitrogens is 5. The van der Waals surface area contributed by atoms with Crippen LogP contribution in [0.3, 0.4) is 0 Å². The fourth-order valence-corrected chi connectivity index (χ4v) is 2.33. The number of guanidine groups is 1. The fourth-order valence-electron chi connectivity index (χ4n) is 2.33. The molecule has 3 rings (SSSR count). The molecule has 0 bridgehead atoms. The third kappa shape index (κ3) is 4.43. The molecule has 0 aliphatic carbocycles. The molecule has 0 atom stereocenters. The number of benzene rings is 1. The second-order valence-electron chi connectivity index (χ2n) is 5.47. The molecule has 1 aromatic carbocycles. The molecule has 0 aliphatic heterocycles. The molecule has 2 heterocycles. The summed E-state index contributed by atoms with van der Waals surface area (Å²) in [6.45, 7) is 4.00. The predicted octanol–water partition coefficient (Wildman–Crippen LogP) is 1.26. The third-order valence-corrected chi connectivity index (χ3v) is 3.69. The summed E-state index contributed by atoms with van der Waals surface area (Å²) in [5.74, 6) is 1.61. The molecule has 0 aliphatic rings. The van der Waals surface area contributed by atoms with Crippen LogP contribution in [0.4, 0.5) is 0 Å². The molecule has 2 N–H and O–H groups in total. The minimum atomic E-state index is 0.570. The standard InChI is InChI=1S/C17H22N8/c1-3-18-17(20-12-16-21-13-23-24(16)2)19-11-14-5-7-15(8-6-14)25-10-4-9-22-25/h4-10,13H,3,11-12H2,1-2H3,(H2,18,19,20). The Morgan fingerprint density at radius 3 is 2.64 bits per heavy atom. The van der Waals surface area contributed by atoms with Gasteiger partial charge in [0.25, 0.3) is 0 Å². The van der Waals surface area contributed by atoms with Crippen LogP contribution < -0.4 is 10.6 Å². The largest absolute Gasteiger partial charge is 0.357 e. The van der Waals surface area contributed by atoms with Gasteiger partial charge in [0.2, 0.25) is 0 Å². The first-order valence-electron chi connectivity index (χ1n) is 8.20. The number of hydrogen-bond acceptors (Lipinski definition) is 4. The van der Waals surface area contributed by atoms with E-state index in [1.165, 1.54) is 0 Å². The van der Waals surface area contributed by atoms with Gasteiger partial charge < -0.3 is 10.6 Å².